The van der Waals surface area contributed by atoms with Crippen LogP contribution in [0.4, 0.5) is 0 Å². The van der Waals surface area contributed by atoms with E-state index in [1.54, 1.807) is 0 Å². The summed E-state index contributed by atoms with van der Waals surface area (Å²) in [5.41, 5.74) is 5.26. The van der Waals surface area contributed by atoms with Crippen LogP contribution in [0.2, 0.25) is 0 Å². The van der Waals surface area contributed by atoms with Crippen LogP contribution < -0.4 is 5.73 Å². The van der Waals surface area contributed by atoms with Crippen molar-refractivity contribution >= 4 is 11.9 Å². The Balaban J connectivity index is 2.26. The fourth-order valence-corrected chi connectivity index (χ4v) is 1.69. The van der Waals surface area contributed by atoms with Crippen molar-refractivity contribution in [1.82, 2.24) is 4.90 Å². The van der Waals surface area contributed by atoms with E-state index in [2.05, 4.69) is 0 Å². The van der Waals surface area contributed by atoms with Gasteiger partial charge in [0, 0.05) is 6.54 Å². The first-order chi connectivity index (χ1) is 6.65. The van der Waals surface area contributed by atoms with E-state index >= 15 is 0 Å². The van der Waals surface area contributed by atoms with Gasteiger partial charge in [0.1, 0.15) is 5.76 Å². The lowest BCUT2D eigenvalue weighted by atomic mass is 10.1. The zero-order chi connectivity index (χ0) is 10.3. The minimum Gasteiger partial charge on any atom is -0.479 e. The number of nitrogens with two attached hydrogens (primary N) is 1. The van der Waals surface area contributed by atoms with E-state index in [0.717, 1.165) is 0 Å². The first kappa shape index (κ1) is 9.01. The highest BCUT2D eigenvalue weighted by Crippen LogP contribution is 2.36. The molecule has 0 bridgehead atoms. The second-order valence-corrected chi connectivity index (χ2v) is 3.16. The Labute approximate surface area is 79.9 Å². The van der Waals surface area contributed by atoms with E-state index in [4.69, 9.17) is 15.6 Å². The molecule has 2 fully saturated rings. The third-order valence-corrected chi connectivity index (χ3v) is 2.32. The molecule has 2 rings (SSSR count). The minimum atomic E-state index is -1.08. The molecule has 1 amide bonds. The second kappa shape index (κ2) is 2.98. The van der Waals surface area contributed by atoms with Crippen LogP contribution in [-0.4, -0.2) is 40.7 Å². The lowest BCUT2D eigenvalue weighted by Crippen LogP contribution is -2.54. The lowest BCUT2D eigenvalue weighted by Gasteiger charge is -2.33. The smallest absolute Gasteiger partial charge is 0.334 e. The van der Waals surface area contributed by atoms with Gasteiger partial charge in [-0.25, -0.2) is 4.79 Å². The fourth-order valence-electron chi connectivity index (χ4n) is 1.69. The summed E-state index contributed by atoms with van der Waals surface area (Å²) in [5, 5.41) is 8.89. The van der Waals surface area contributed by atoms with Gasteiger partial charge in [0.2, 0.25) is 5.91 Å². The summed E-state index contributed by atoms with van der Waals surface area (Å²) < 4.78 is 5.25. The monoisotopic (exact) mass is 198 g/mol. The summed E-state index contributed by atoms with van der Waals surface area (Å²) in [5.74, 6) is -1.00. The average Bonchev–Trinajstić information content (AvgIpc) is 2.39. The number of aliphatic carboxylic acids is 1. The van der Waals surface area contributed by atoms with Crippen molar-refractivity contribution in [3.8, 4) is 0 Å². The molecule has 0 aromatic carbocycles. The predicted molar refractivity (Wildman–Crippen MR) is 44.9 cm³/mol. The van der Waals surface area contributed by atoms with Gasteiger partial charge in [0.15, 0.2) is 12.3 Å². The van der Waals surface area contributed by atoms with E-state index in [9.17, 15) is 9.59 Å². The molecule has 6 nitrogen and oxygen atoms in total. The number of β-lactam (4-membered cyclic amide) rings is 1. The summed E-state index contributed by atoms with van der Waals surface area (Å²) in [6.07, 6.45) is 1.34. The van der Waals surface area contributed by atoms with Crippen molar-refractivity contribution in [2.45, 2.75) is 18.7 Å². The van der Waals surface area contributed by atoms with Crippen LogP contribution in [-0.2, 0) is 14.3 Å². The standard InChI is InChI=1S/C8H10N2O4/c9-2-1-4-7(8(12)13)10-5(11)3-6(10)14-4/h1,6-7H,2-3,9H2,(H,12,13)/b4-1+. The Hall–Kier alpha value is -1.56. The molecular weight excluding hydrogens is 188 g/mol. The van der Waals surface area contributed by atoms with E-state index in [-0.39, 0.29) is 24.6 Å². The molecule has 2 unspecified atom stereocenters. The quantitative estimate of drug-likeness (QED) is 0.548. The number of carboxylic acids is 1. The number of amides is 1. The molecule has 2 aliphatic heterocycles. The minimum absolute atomic E-state index is 0.192. The molecule has 14 heavy (non-hydrogen) atoms. The molecule has 6 heteroatoms. The van der Waals surface area contributed by atoms with E-state index in [0.29, 0.717) is 0 Å². The van der Waals surface area contributed by atoms with Crippen LogP contribution in [0, 0.1) is 0 Å². The molecular formula is C8H10N2O4. The number of hydrogen-bond acceptors (Lipinski definition) is 4. The van der Waals surface area contributed by atoms with Crippen molar-refractivity contribution < 1.29 is 19.4 Å². The van der Waals surface area contributed by atoms with Crippen LogP contribution in [0.5, 0.6) is 0 Å². The van der Waals surface area contributed by atoms with Crippen molar-refractivity contribution in [1.29, 1.82) is 0 Å². The summed E-state index contributed by atoms with van der Waals surface area (Å²) in [6.45, 7) is 0.202. The van der Waals surface area contributed by atoms with Gasteiger partial charge in [-0.1, -0.05) is 0 Å². The first-order valence-electron chi connectivity index (χ1n) is 4.26. The molecule has 2 saturated heterocycles. The van der Waals surface area contributed by atoms with Gasteiger partial charge < -0.3 is 15.6 Å². The van der Waals surface area contributed by atoms with Gasteiger partial charge >= 0.3 is 5.97 Å². The van der Waals surface area contributed by atoms with E-state index in [1.807, 2.05) is 0 Å². The van der Waals surface area contributed by atoms with Crippen molar-refractivity contribution in [3.05, 3.63) is 11.8 Å². The summed E-state index contributed by atoms with van der Waals surface area (Å²) in [7, 11) is 0. The van der Waals surface area contributed by atoms with Gasteiger partial charge in [0.25, 0.3) is 0 Å². The van der Waals surface area contributed by atoms with Crippen LogP contribution in [0.1, 0.15) is 6.42 Å². The number of ether oxygens (including phenoxy) is 1. The highest BCUT2D eigenvalue weighted by Gasteiger charge is 2.53. The number of fused-ring (bicyclic) bond motifs is 1. The maximum absolute atomic E-state index is 11.1. The Morgan fingerprint density at radius 2 is 2.50 bits per heavy atom. The molecule has 2 heterocycles. The summed E-state index contributed by atoms with van der Waals surface area (Å²) >= 11 is 0. The van der Waals surface area contributed by atoms with Gasteiger partial charge in [-0.2, -0.15) is 0 Å². The fraction of sp³-hybridized carbons (Fsp3) is 0.500. The van der Waals surface area contributed by atoms with Crippen LogP contribution >= 0.6 is 0 Å². The third kappa shape index (κ3) is 1.07. The third-order valence-electron chi connectivity index (χ3n) is 2.32. The first-order valence-corrected chi connectivity index (χ1v) is 4.26. The number of carboxylic acid groups (broad SMARTS) is 1. The maximum Gasteiger partial charge on any atom is 0.334 e. The highest BCUT2D eigenvalue weighted by atomic mass is 16.5. The van der Waals surface area contributed by atoms with Gasteiger partial charge in [-0.3, -0.25) is 9.69 Å². The normalized spacial score (nSPS) is 32.5. The topological polar surface area (TPSA) is 92.9 Å². The van der Waals surface area contributed by atoms with Crippen LogP contribution in [0.3, 0.4) is 0 Å². The number of nitrogens with zero attached hydrogens (tertiary/aromatic N) is 1. The Morgan fingerprint density at radius 1 is 1.79 bits per heavy atom. The largest absolute Gasteiger partial charge is 0.479 e. The maximum atomic E-state index is 11.1. The van der Waals surface area contributed by atoms with E-state index in [1.165, 1.54) is 11.0 Å². The van der Waals surface area contributed by atoms with Crippen molar-refractivity contribution in [3.63, 3.8) is 0 Å². The summed E-state index contributed by atoms with van der Waals surface area (Å²) in [4.78, 5) is 23.2. The highest BCUT2D eigenvalue weighted by molar-refractivity contribution is 5.91. The predicted octanol–water partition coefficient (Wildman–Crippen LogP) is -1.13. The molecule has 2 aliphatic rings. The van der Waals surface area contributed by atoms with Gasteiger partial charge in [-0.05, 0) is 6.08 Å². The number of hydrogen-bond donors (Lipinski definition) is 2. The molecule has 2 atom stereocenters. The molecule has 0 aromatic heterocycles. The lowest BCUT2D eigenvalue weighted by molar-refractivity contribution is -0.163. The van der Waals surface area contributed by atoms with Crippen LogP contribution in [0.15, 0.2) is 11.8 Å². The molecule has 0 spiro atoms. The Kier molecular flexibility index (Phi) is 1.92. The molecule has 0 aromatic rings. The zero-order valence-electron chi connectivity index (χ0n) is 7.34. The van der Waals surface area contributed by atoms with E-state index < -0.39 is 18.2 Å². The molecule has 3 N–H and O–H groups in total. The Bertz CT molecular complexity index is 325. The Morgan fingerprint density at radius 3 is 3.00 bits per heavy atom. The van der Waals surface area contributed by atoms with Gasteiger partial charge in [0.05, 0.1) is 6.42 Å². The zero-order valence-corrected chi connectivity index (χ0v) is 7.34. The van der Waals surface area contributed by atoms with Crippen molar-refractivity contribution in [2.75, 3.05) is 6.54 Å². The molecule has 0 aliphatic carbocycles. The second-order valence-electron chi connectivity index (χ2n) is 3.16. The SMILES string of the molecule is NC/C=C1/OC2CC(=O)N2C1C(=O)O. The van der Waals surface area contributed by atoms with Crippen LogP contribution in [0.25, 0.3) is 0 Å². The summed E-state index contributed by atoms with van der Waals surface area (Å²) in [6, 6.07) is -0.982. The van der Waals surface area contributed by atoms with Crippen molar-refractivity contribution in [2.24, 2.45) is 5.73 Å². The molecule has 76 valence electrons. The molecule has 0 radical (unpaired) electrons. The van der Waals surface area contributed by atoms with Gasteiger partial charge in [-0.15, -0.1) is 0 Å². The average molecular weight is 198 g/mol. The number of rotatable bonds is 2. The number of carbonyl (C=O) groups excluding carboxylic acids is 1. The number of carbonyl (C=O) groups is 2. The molecule has 0 saturated carbocycles.